The number of hydrogen-bond donors (Lipinski definition) is 0. The third-order valence-corrected chi connectivity index (χ3v) is 5.51. The molecule has 0 saturated heterocycles. The summed E-state index contributed by atoms with van der Waals surface area (Å²) in [6.45, 7) is 8.58. The Bertz CT molecular complexity index is 811. The summed E-state index contributed by atoms with van der Waals surface area (Å²) in [6, 6.07) is 13.8. The van der Waals surface area contributed by atoms with Gasteiger partial charge in [-0.1, -0.05) is 43.1 Å². The number of halogens is 3. The topological polar surface area (TPSA) is 27.7 Å². The van der Waals surface area contributed by atoms with E-state index < -0.39 is 5.60 Å². The number of hydrogen-bond acceptors (Lipinski definition) is 3. The van der Waals surface area contributed by atoms with Crippen LogP contribution in [0, 0.1) is 0 Å². The van der Waals surface area contributed by atoms with Gasteiger partial charge >= 0.3 is 0 Å². The molecule has 0 aliphatic carbocycles. The van der Waals surface area contributed by atoms with E-state index in [1.807, 2.05) is 56.3 Å². The van der Waals surface area contributed by atoms with E-state index in [4.69, 9.17) is 37.4 Å². The highest BCUT2D eigenvalue weighted by Crippen LogP contribution is 2.38. The maximum absolute atomic E-state index is 6.49. The lowest BCUT2D eigenvalue weighted by Crippen LogP contribution is -2.31. The lowest BCUT2D eigenvalue weighted by Gasteiger charge is -2.33. The van der Waals surface area contributed by atoms with Crippen LogP contribution >= 0.6 is 39.1 Å². The fraction of sp³-hybridized carbons (Fsp3) is 0.391. The van der Waals surface area contributed by atoms with Crippen LogP contribution in [-0.2, 0) is 5.60 Å². The molecule has 0 unspecified atom stereocenters. The van der Waals surface area contributed by atoms with Crippen molar-refractivity contribution < 1.29 is 14.2 Å². The zero-order chi connectivity index (χ0) is 21.4. The van der Waals surface area contributed by atoms with E-state index in [-0.39, 0.29) is 10.6 Å². The normalized spacial score (nSPS) is 11.3. The lowest BCUT2D eigenvalue weighted by molar-refractivity contribution is 0.0571. The van der Waals surface area contributed by atoms with Crippen molar-refractivity contribution in [2.45, 2.75) is 52.2 Å². The third-order valence-electron chi connectivity index (χ3n) is 4.59. The van der Waals surface area contributed by atoms with Crippen molar-refractivity contribution in [1.29, 1.82) is 0 Å². The Morgan fingerprint density at radius 2 is 1.66 bits per heavy atom. The lowest BCUT2D eigenvalue weighted by atomic mass is 9.88. The Morgan fingerprint density at radius 3 is 2.17 bits per heavy atom. The van der Waals surface area contributed by atoms with Crippen molar-refractivity contribution in [1.82, 2.24) is 0 Å². The Morgan fingerprint density at radius 1 is 1.03 bits per heavy atom. The zero-order valence-electron chi connectivity index (χ0n) is 17.2. The van der Waals surface area contributed by atoms with Crippen LogP contribution in [-0.4, -0.2) is 12.7 Å². The molecule has 0 heterocycles. The average molecular weight is 502 g/mol. The van der Waals surface area contributed by atoms with E-state index >= 15 is 0 Å². The van der Waals surface area contributed by atoms with Gasteiger partial charge in [0.15, 0.2) is 0 Å². The molecule has 6 heteroatoms. The van der Waals surface area contributed by atoms with Gasteiger partial charge in [-0.2, -0.15) is 0 Å². The molecule has 0 aliphatic rings. The highest BCUT2D eigenvalue weighted by molar-refractivity contribution is 9.10. The molecule has 3 nitrogen and oxygen atoms in total. The van der Waals surface area contributed by atoms with Gasteiger partial charge in [0, 0.05) is 0 Å². The highest BCUT2D eigenvalue weighted by Gasteiger charge is 2.31. The van der Waals surface area contributed by atoms with E-state index in [2.05, 4.69) is 29.8 Å². The van der Waals surface area contributed by atoms with E-state index in [0.717, 1.165) is 40.1 Å². The zero-order valence-corrected chi connectivity index (χ0v) is 20.3. The molecule has 0 fully saturated rings. The van der Waals surface area contributed by atoms with Gasteiger partial charge in [0.1, 0.15) is 33.9 Å². The fourth-order valence-electron chi connectivity index (χ4n) is 3.04. The second-order valence-corrected chi connectivity index (χ2v) is 8.75. The van der Waals surface area contributed by atoms with E-state index in [0.29, 0.717) is 6.61 Å². The first-order valence-corrected chi connectivity index (χ1v) is 11.2. The minimum atomic E-state index is -0.444. The molecule has 2 rings (SSSR count). The fourth-order valence-corrected chi connectivity index (χ4v) is 3.66. The molecule has 2 aromatic rings. The van der Waals surface area contributed by atoms with Crippen LogP contribution in [0.1, 0.15) is 46.1 Å². The molecule has 158 valence electrons. The maximum Gasteiger partial charge on any atom is 0.133 e. The van der Waals surface area contributed by atoms with Crippen LogP contribution in [0.5, 0.6) is 17.2 Å². The van der Waals surface area contributed by atoms with Gasteiger partial charge in [-0.25, -0.2) is 0 Å². The summed E-state index contributed by atoms with van der Waals surface area (Å²) in [7, 11) is 0. The smallest absolute Gasteiger partial charge is 0.133 e. The Labute approximate surface area is 192 Å². The molecule has 2 aromatic carbocycles. The Balaban J connectivity index is 2.22. The molecule has 0 N–H and O–H groups in total. The Hall–Kier alpha value is -1.36. The van der Waals surface area contributed by atoms with Gasteiger partial charge in [-0.15, -0.1) is 0 Å². The second kappa shape index (κ2) is 11.1. The molecule has 0 spiro atoms. The minimum absolute atomic E-state index is 0.140. The van der Waals surface area contributed by atoms with Crippen molar-refractivity contribution in [3.63, 3.8) is 0 Å². The van der Waals surface area contributed by atoms with E-state index in [1.54, 1.807) is 6.08 Å². The predicted molar refractivity (Wildman–Crippen MR) is 125 cm³/mol. The molecule has 0 aromatic heterocycles. The number of ether oxygens (including phenoxy) is 3. The first kappa shape index (κ1) is 23.9. The van der Waals surface area contributed by atoms with E-state index in [9.17, 15) is 0 Å². The van der Waals surface area contributed by atoms with Gasteiger partial charge in [0.2, 0.25) is 0 Å². The quantitative estimate of drug-likeness (QED) is 0.329. The highest BCUT2D eigenvalue weighted by atomic mass is 79.9. The first-order chi connectivity index (χ1) is 13.8. The molecule has 0 radical (unpaired) electrons. The molecule has 0 amide bonds. The summed E-state index contributed by atoms with van der Waals surface area (Å²) in [5, 5.41) is 0. The van der Waals surface area contributed by atoms with Crippen molar-refractivity contribution in [2.75, 3.05) is 6.61 Å². The summed E-state index contributed by atoms with van der Waals surface area (Å²) >= 11 is 14.9. The van der Waals surface area contributed by atoms with Crippen LogP contribution in [0.2, 0.25) is 0 Å². The van der Waals surface area contributed by atoms with Gasteiger partial charge in [0.05, 0.1) is 10.6 Å². The number of benzene rings is 2. The molecular weight excluding hydrogens is 475 g/mol. The average Bonchev–Trinajstić information content (AvgIpc) is 2.68. The van der Waals surface area contributed by atoms with Crippen LogP contribution < -0.4 is 14.2 Å². The summed E-state index contributed by atoms with van der Waals surface area (Å²) in [4.78, 5) is 0. The summed E-state index contributed by atoms with van der Waals surface area (Å²) in [6.07, 6.45) is 3.39. The maximum atomic E-state index is 6.49. The second-order valence-electron chi connectivity index (χ2n) is 6.89. The molecule has 0 saturated carbocycles. The van der Waals surface area contributed by atoms with Gasteiger partial charge in [0.25, 0.3) is 0 Å². The monoisotopic (exact) mass is 500 g/mol. The van der Waals surface area contributed by atoms with Crippen molar-refractivity contribution in [3.05, 3.63) is 63.1 Å². The van der Waals surface area contributed by atoms with Gasteiger partial charge < -0.3 is 14.2 Å². The van der Waals surface area contributed by atoms with Crippen molar-refractivity contribution in [3.8, 4) is 17.2 Å². The van der Waals surface area contributed by atoms with Gasteiger partial charge in [-0.05, 0) is 90.7 Å². The Kier molecular flexibility index (Phi) is 9.19. The third kappa shape index (κ3) is 6.84. The molecule has 0 atom stereocenters. The van der Waals surface area contributed by atoms with Crippen LogP contribution in [0.3, 0.4) is 0 Å². The van der Waals surface area contributed by atoms with E-state index in [1.165, 1.54) is 0 Å². The van der Waals surface area contributed by atoms with Gasteiger partial charge in [-0.3, -0.25) is 0 Å². The largest absolute Gasteiger partial charge is 0.491 e. The summed E-state index contributed by atoms with van der Waals surface area (Å²) in [5.41, 5.74) is 0.635. The van der Waals surface area contributed by atoms with Crippen LogP contribution in [0.25, 0.3) is 0 Å². The standard InChI is InChI=1S/C23H27BrCl2O3/c1-5-23(6-2,29-19-10-8-18(9-11-19)28-16(3)4)17-7-12-21(20(24)15-17)27-14-13-22(25)26/h7-13,15-16H,5-6,14H2,1-4H3. The van der Waals surface area contributed by atoms with Crippen molar-refractivity contribution in [2.24, 2.45) is 0 Å². The molecule has 29 heavy (non-hydrogen) atoms. The number of rotatable bonds is 10. The van der Waals surface area contributed by atoms with Crippen LogP contribution in [0.15, 0.2) is 57.5 Å². The summed E-state index contributed by atoms with van der Waals surface area (Å²) in [5.74, 6) is 2.36. The summed E-state index contributed by atoms with van der Waals surface area (Å²) < 4.78 is 18.9. The minimum Gasteiger partial charge on any atom is -0.491 e. The van der Waals surface area contributed by atoms with Crippen LogP contribution in [0.4, 0.5) is 0 Å². The predicted octanol–water partition coefficient (Wildman–Crippen LogP) is 8.03. The molecule has 0 aliphatic heterocycles. The first-order valence-electron chi connectivity index (χ1n) is 9.69. The molecule has 0 bridgehead atoms. The molecular formula is C23H27BrCl2O3. The van der Waals surface area contributed by atoms with Crippen molar-refractivity contribution >= 4 is 39.1 Å². The SMILES string of the molecule is CCC(CC)(Oc1ccc(OC(C)C)cc1)c1ccc(OCC=C(Cl)Cl)c(Br)c1.